The average molecular weight is 291 g/mol. The van der Waals surface area contributed by atoms with Gasteiger partial charge in [0.25, 0.3) is 5.69 Å². The van der Waals surface area contributed by atoms with Gasteiger partial charge in [0, 0.05) is 25.7 Å². The molecule has 0 aliphatic carbocycles. The minimum atomic E-state index is -0.310. The number of likely N-dealkylation sites (tertiary alicyclic amines) is 1. The quantitative estimate of drug-likeness (QED) is 0.640. The summed E-state index contributed by atoms with van der Waals surface area (Å²) in [7, 11) is 1.71. The normalized spacial score (nSPS) is 19.4. The molecule has 0 aromatic heterocycles. The minimum absolute atomic E-state index is 0.166. The summed E-state index contributed by atoms with van der Waals surface area (Å²) in [6, 6.07) is 6.15. The molecule has 1 fully saturated rings. The van der Waals surface area contributed by atoms with Crippen LogP contribution in [-0.4, -0.2) is 29.5 Å². The van der Waals surface area contributed by atoms with Crippen LogP contribution >= 0.6 is 0 Å². The van der Waals surface area contributed by atoms with Gasteiger partial charge < -0.3 is 5.32 Å². The predicted octanol–water partition coefficient (Wildman–Crippen LogP) is 3.79. The van der Waals surface area contributed by atoms with E-state index < -0.39 is 0 Å². The molecule has 1 aliphatic rings. The lowest BCUT2D eigenvalue weighted by Crippen LogP contribution is -2.38. The van der Waals surface area contributed by atoms with Crippen molar-refractivity contribution in [3.63, 3.8) is 0 Å². The summed E-state index contributed by atoms with van der Waals surface area (Å²) in [5.74, 6) is 0. The van der Waals surface area contributed by atoms with Crippen LogP contribution in [0, 0.1) is 10.1 Å². The summed E-state index contributed by atoms with van der Waals surface area (Å²) in [5.41, 5.74) is 1.77. The van der Waals surface area contributed by atoms with E-state index in [2.05, 4.69) is 17.1 Å². The third-order valence-corrected chi connectivity index (χ3v) is 4.28. The van der Waals surface area contributed by atoms with Crippen molar-refractivity contribution in [2.75, 3.05) is 18.9 Å². The Bertz CT molecular complexity index is 488. The van der Waals surface area contributed by atoms with Crippen molar-refractivity contribution in [2.24, 2.45) is 0 Å². The number of nitrogens with one attached hydrogen (secondary N) is 1. The van der Waals surface area contributed by atoms with Gasteiger partial charge in [-0.2, -0.15) is 0 Å². The van der Waals surface area contributed by atoms with Gasteiger partial charge in [-0.1, -0.05) is 25.8 Å². The van der Waals surface area contributed by atoms with Crippen molar-refractivity contribution in [3.8, 4) is 0 Å². The molecule has 1 aromatic rings. The van der Waals surface area contributed by atoms with E-state index in [0.717, 1.165) is 18.7 Å². The Balaban J connectivity index is 2.14. The first kappa shape index (κ1) is 15.8. The highest BCUT2D eigenvalue weighted by Crippen LogP contribution is 2.28. The van der Waals surface area contributed by atoms with Gasteiger partial charge in [-0.15, -0.1) is 0 Å². The molecule has 0 spiro atoms. The summed E-state index contributed by atoms with van der Waals surface area (Å²) in [5, 5.41) is 14.0. The highest BCUT2D eigenvalue weighted by atomic mass is 16.6. The Morgan fingerprint density at radius 3 is 2.90 bits per heavy atom. The molecule has 1 aliphatic heterocycles. The third-order valence-electron chi connectivity index (χ3n) is 4.28. The highest BCUT2D eigenvalue weighted by Gasteiger charge is 2.22. The number of hydrogen-bond acceptors (Lipinski definition) is 4. The van der Waals surface area contributed by atoms with Crippen molar-refractivity contribution in [2.45, 2.75) is 51.6 Å². The minimum Gasteiger partial charge on any atom is -0.383 e. The number of piperidine rings is 1. The van der Waals surface area contributed by atoms with Crippen LogP contribution in [0.5, 0.6) is 0 Å². The van der Waals surface area contributed by atoms with Crippen LogP contribution in [0.3, 0.4) is 0 Å². The van der Waals surface area contributed by atoms with Gasteiger partial charge in [-0.3, -0.25) is 15.0 Å². The fourth-order valence-electron chi connectivity index (χ4n) is 3.20. The molecule has 1 aromatic carbocycles. The van der Waals surface area contributed by atoms with Gasteiger partial charge in [0.1, 0.15) is 5.69 Å². The van der Waals surface area contributed by atoms with Crippen LogP contribution in [0.15, 0.2) is 18.2 Å². The Labute approximate surface area is 126 Å². The summed E-state index contributed by atoms with van der Waals surface area (Å²) in [6.07, 6.45) is 6.21. The van der Waals surface area contributed by atoms with Gasteiger partial charge in [0.2, 0.25) is 0 Å². The number of benzene rings is 1. The molecule has 5 heteroatoms. The van der Waals surface area contributed by atoms with E-state index in [1.807, 2.05) is 12.1 Å². The van der Waals surface area contributed by atoms with Gasteiger partial charge in [-0.05, 0) is 37.4 Å². The van der Waals surface area contributed by atoms with Gasteiger partial charge in [-0.25, -0.2) is 0 Å². The second-order valence-corrected chi connectivity index (χ2v) is 5.77. The number of nitro groups is 1. The maximum absolute atomic E-state index is 11.1. The fourth-order valence-corrected chi connectivity index (χ4v) is 3.20. The Morgan fingerprint density at radius 1 is 1.43 bits per heavy atom. The lowest BCUT2D eigenvalue weighted by atomic mass is 9.97. The SMILES string of the molecule is CCCC1CCCCN1Cc1ccc(NC)c([N+](=O)[O-])c1. The van der Waals surface area contributed by atoms with Crippen LogP contribution in [0.4, 0.5) is 11.4 Å². The van der Waals surface area contributed by atoms with Crippen LogP contribution in [0.2, 0.25) is 0 Å². The van der Waals surface area contributed by atoms with Crippen LogP contribution in [0.25, 0.3) is 0 Å². The van der Waals surface area contributed by atoms with E-state index in [1.54, 1.807) is 13.1 Å². The fraction of sp³-hybridized carbons (Fsp3) is 0.625. The number of anilines is 1. The third kappa shape index (κ3) is 3.94. The van der Waals surface area contributed by atoms with Crippen molar-refractivity contribution < 1.29 is 4.92 Å². The van der Waals surface area contributed by atoms with Crippen molar-refractivity contribution in [1.29, 1.82) is 0 Å². The predicted molar refractivity (Wildman–Crippen MR) is 85.6 cm³/mol. The molecule has 1 heterocycles. The molecule has 1 saturated heterocycles. The largest absolute Gasteiger partial charge is 0.383 e. The van der Waals surface area contributed by atoms with E-state index >= 15 is 0 Å². The van der Waals surface area contributed by atoms with E-state index in [4.69, 9.17) is 0 Å². The van der Waals surface area contributed by atoms with Crippen molar-refractivity contribution in [3.05, 3.63) is 33.9 Å². The Kier molecular flexibility index (Phi) is 5.56. The summed E-state index contributed by atoms with van der Waals surface area (Å²) in [4.78, 5) is 13.3. The topological polar surface area (TPSA) is 58.4 Å². The number of nitrogens with zero attached hydrogens (tertiary/aromatic N) is 2. The first-order valence-corrected chi connectivity index (χ1v) is 7.84. The molecule has 116 valence electrons. The van der Waals surface area contributed by atoms with Gasteiger partial charge >= 0.3 is 0 Å². The van der Waals surface area contributed by atoms with Crippen LogP contribution in [-0.2, 0) is 6.54 Å². The first-order chi connectivity index (χ1) is 10.2. The zero-order valence-electron chi connectivity index (χ0n) is 13.0. The smallest absolute Gasteiger partial charge is 0.292 e. The zero-order valence-corrected chi connectivity index (χ0v) is 13.0. The lowest BCUT2D eigenvalue weighted by molar-refractivity contribution is -0.384. The van der Waals surface area contributed by atoms with Crippen molar-refractivity contribution in [1.82, 2.24) is 4.90 Å². The molecule has 1 unspecified atom stereocenters. The van der Waals surface area contributed by atoms with Crippen LogP contribution in [0.1, 0.15) is 44.6 Å². The summed E-state index contributed by atoms with van der Waals surface area (Å²) < 4.78 is 0. The van der Waals surface area contributed by atoms with E-state index in [-0.39, 0.29) is 10.6 Å². The Hall–Kier alpha value is -1.62. The maximum Gasteiger partial charge on any atom is 0.292 e. The lowest BCUT2D eigenvalue weighted by Gasteiger charge is -2.35. The molecule has 1 N–H and O–H groups in total. The van der Waals surface area contributed by atoms with E-state index in [9.17, 15) is 10.1 Å². The monoisotopic (exact) mass is 291 g/mol. The summed E-state index contributed by atoms with van der Waals surface area (Å²) in [6.45, 7) is 4.14. The second-order valence-electron chi connectivity index (χ2n) is 5.77. The van der Waals surface area contributed by atoms with Gasteiger partial charge in [0.15, 0.2) is 0 Å². The molecule has 0 radical (unpaired) electrons. The van der Waals surface area contributed by atoms with Crippen molar-refractivity contribution >= 4 is 11.4 Å². The first-order valence-electron chi connectivity index (χ1n) is 7.84. The average Bonchev–Trinajstić information content (AvgIpc) is 2.49. The molecule has 21 heavy (non-hydrogen) atoms. The molecular weight excluding hydrogens is 266 g/mol. The van der Waals surface area contributed by atoms with Gasteiger partial charge in [0.05, 0.1) is 4.92 Å². The number of rotatable bonds is 6. The molecular formula is C16H25N3O2. The maximum atomic E-state index is 11.1. The zero-order chi connectivity index (χ0) is 15.2. The highest BCUT2D eigenvalue weighted by molar-refractivity contribution is 5.62. The molecule has 1 atom stereocenters. The summed E-state index contributed by atoms with van der Waals surface area (Å²) >= 11 is 0. The molecule has 2 rings (SSSR count). The van der Waals surface area contributed by atoms with E-state index in [0.29, 0.717) is 11.7 Å². The second kappa shape index (κ2) is 7.41. The molecule has 0 bridgehead atoms. The molecule has 0 amide bonds. The molecule has 0 saturated carbocycles. The van der Waals surface area contributed by atoms with E-state index in [1.165, 1.54) is 32.1 Å². The molecule has 5 nitrogen and oxygen atoms in total. The van der Waals surface area contributed by atoms with Crippen LogP contribution < -0.4 is 5.32 Å². The number of hydrogen-bond donors (Lipinski definition) is 1. The number of nitro benzene ring substituents is 1. The standard InChI is InChI=1S/C16H25N3O2/c1-3-6-14-7-4-5-10-18(14)12-13-8-9-15(17-2)16(11-13)19(20)21/h8-9,11,14,17H,3-7,10,12H2,1-2H3. The Morgan fingerprint density at radius 2 is 2.24 bits per heavy atom.